The van der Waals surface area contributed by atoms with Gasteiger partial charge in [0.1, 0.15) is 0 Å². The highest BCUT2D eigenvalue weighted by molar-refractivity contribution is 4.70. The Morgan fingerprint density at radius 1 is 1.36 bits per heavy atom. The van der Waals surface area contributed by atoms with E-state index in [0.29, 0.717) is 0 Å². The molecule has 0 spiro atoms. The zero-order valence-corrected chi connectivity index (χ0v) is 7.68. The van der Waals surface area contributed by atoms with Crippen LogP contribution in [0.3, 0.4) is 0 Å². The molecule has 0 heterocycles. The number of hydrogen-bond acceptors (Lipinski definition) is 1. The summed E-state index contributed by atoms with van der Waals surface area (Å²) in [5.74, 6) is 1.98. The van der Waals surface area contributed by atoms with Gasteiger partial charge in [-0.2, -0.15) is 0 Å². The van der Waals surface area contributed by atoms with Crippen LogP contribution >= 0.6 is 0 Å². The molecule has 0 aromatic heterocycles. The van der Waals surface area contributed by atoms with Gasteiger partial charge in [-0.25, -0.2) is 0 Å². The molecule has 1 fully saturated rings. The SMILES string of the molecule is CC1CCCC(CCCN)C1. The third-order valence-corrected chi connectivity index (χ3v) is 2.86. The summed E-state index contributed by atoms with van der Waals surface area (Å²) >= 11 is 0. The fourth-order valence-electron chi connectivity index (χ4n) is 2.23. The predicted octanol–water partition coefficient (Wildman–Crippen LogP) is 2.55. The number of nitrogens with two attached hydrogens (primary N) is 1. The molecular weight excluding hydrogens is 134 g/mol. The van der Waals surface area contributed by atoms with Crippen molar-refractivity contribution < 1.29 is 0 Å². The van der Waals surface area contributed by atoms with Crippen molar-refractivity contribution in [1.82, 2.24) is 0 Å². The van der Waals surface area contributed by atoms with Gasteiger partial charge in [0.05, 0.1) is 0 Å². The lowest BCUT2D eigenvalue weighted by Crippen LogP contribution is -2.14. The molecule has 66 valence electrons. The second-order valence-electron chi connectivity index (χ2n) is 4.07. The predicted molar refractivity (Wildman–Crippen MR) is 49.4 cm³/mol. The highest BCUT2D eigenvalue weighted by Gasteiger charge is 2.17. The Morgan fingerprint density at radius 3 is 2.82 bits per heavy atom. The van der Waals surface area contributed by atoms with Gasteiger partial charge in [0, 0.05) is 0 Å². The Balaban J connectivity index is 2.12. The summed E-state index contributed by atoms with van der Waals surface area (Å²) in [5, 5.41) is 0. The van der Waals surface area contributed by atoms with Gasteiger partial charge in [0.2, 0.25) is 0 Å². The maximum Gasteiger partial charge on any atom is -0.00772 e. The fourth-order valence-corrected chi connectivity index (χ4v) is 2.23. The van der Waals surface area contributed by atoms with E-state index in [1.54, 1.807) is 0 Å². The van der Waals surface area contributed by atoms with Gasteiger partial charge < -0.3 is 5.73 Å². The quantitative estimate of drug-likeness (QED) is 0.666. The molecule has 0 amide bonds. The van der Waals surface area contributed by atoms with Gasteiger partial charge in [-0.3, -0.25) is 0 Å². The Hall–Kier alpha value is -0.0400. The second-order valence-corrected chi connectivity index (χ2v) is 4.07. The van der Waals surface area contributed by atoms with E-state index in [1.807, 2.05) is 0 Å². The van der Waals surface area contributed by atoms with Crippen LogP contribution in [0.4, 0.5) is 0 Å². The van der Waals surface area contributed by atoms with Crippen molar-refractivity contribution in [3.63, 3.8) is 0 Å². The molecule has 1 aliphatic rings. The largest absolute Gasteiger partial charge is 0.330 e. The molecule has 1 aliphatic carbocycles. The molecule has 0 aromatic rings. The molecule has 11 heavy (non-hydrogen) atoms. The molecule has 0 saturated heterocycles. The highest BCUT2D eigenvalue weighted by atomic mass is 14.5. The van der Waals surface area contributed by atoms with Crippen LogP contribution in [0, 0.1) is 11.8 Å². The Bertz CT molecular complexity index is 101. The van der Waals surface area contributed by atoms with E-state index in [4.69, 9.17) is 5.73 Å². The van der Waals surface area contributed by atoms with Crippen LogP contribution in [0.15, 0.2) is 0 Å². The summed E-state index contributed by atoms with van der Waals surface area (Å²) < 4.78 is 0. The average Bonchev–Trinajstić information content (AvgIpc) is 2.01. The van der Waals surface area contributed by atoms with Crippen molar-refractivity contribution in [2.24, 2.45) is 17.6 Å². The molecular formula is C10H21N. The standard InChI is InChI=1S/C10H21N/c1-9-4-2-5-10(8-9)6-3-7-11/h9-10H,2-8,11H2,1H3. The van der Waals surface area contributed by atoms with E-state index in [1.165, 1.54) is 38.5 Å². The third-order valence-electron chi connectivity index (χ3n) is 2.86. The first kappa shape index (κ1) is 9.05. The summed E-state index contributed by atoms with van der Waals surface area (Å²) in [6, 6.07) is 0. The van der Waals surface area contributed by atoms with Crippen molar-refractivity contribution in [2.45, 2.75) is 45.4 Å². The summed E-state index contributed by atoms with van der Waals surface area (Å²) in [6.07, 6.45) is 8.44. The van der Waals surface area contributed by atoms with E-state index in [9.17, 15) is 0 Å². The number of hydrogen-bond donors (Lipinski definition) is 1. The monoisotopic (exact) mass is 155 g/mol. The Labute approximate surface area is 70.4 Å². The molecule has 0 aromatic carbocycles. The lowest BCUT2D eigenvalue weighted by atomic mass is 9.80. The van der Waals surface area contributed by atoms with Gasteiger partial charge in [0.25, 0.3) is 0 Å². The minimum atomic E-state index is 0.880. The molecule has 1 saturated carbocycles. The topological polar surface area (TPSA) is 26.0 Å². The van der Waals surface area contributed by atoms with Crippen molar-refractivity contribution in [1.29, 1.82) is 0 Å². The Kier molecular flexibility index (Phi) is 3.92. The summed E-state index contributed by atoms with van der Waals surface area (Å²) in [7, 11) is 0. The zero-order chi connectivity index (χ0) is 8.10. The minimum absolute atomic E-state index is 0.880. The molecule has 0 radical (unpaired) electrons. The maximum absolute atomic E-state index is 5.48. The van der Waals surface area contributed by atoms with Crippen LogP contribution < -0.4 is 5.73 Å². The van der Waals surface area contributed by atoms with E-state index < -0.39 is 0 Å². The van der Waals surface area contributed by atoms with Crippen LogP contribution in [0.1, 0.15) is 45.4 Å². The molecule has 0 bridgehead atoms. The van der Waals surface area contributed by atoms with Gasteiger partial charge in [-0.1, -0.05) is 26.2 Å². The van der Waals surface area contributed by atoms with Gasteiger partial charge in [-0.15, -0.1) is 0 Å². The summed E-state index contributed by atoms with van der Waals surface area (Å²) in [6.45, 7) is 3.26. The molecule has 2 unspecified atom stereocenters. The van der Waals surface area contributed by atoms with Crippen LogP contribution in [-0.2, 0) is 0 Å². The zero-order valence-electron chi connectivity index (χ0n) is 7.68. The van der Waals surface area contributed by atoms with Crippen molar-refractivity contribution in [3.05, 3.63) is 0 Å². The first-order chi connectivity index (χ1) is 5.33. The van der Waals surface area contributed by atoms with E-state index in [0.717, 1.165) is 18.4 Å². The molecule has 0 aliphatic heterocycles. The van der Waals surface area contributed by atoms with Gasteiger partial charge in [0.15, 0.2) is 0 Å². The minimum Gasteiger partial charge on any atom is -0.330 e. The van der Waals surface area contributed by atoms with Crippen molar-refractivity contribution in [2.75, 3.05) is 6.54 Å². The second kappa shape index (κ2) is 4.76. The molecule has 1 heteroatoms. The summed E-state index contributed by atoms with van der Waals surface area (Å²) in [5.41, 5.74) is 5.48. The normalized spacial score (nSPS) is 32.2. The first-order valence-electron chi connectivity index (χ1n) is 5.03. The van der Waals surface area contributed by atoms with Crippen LogP contribution in [0.25, 0.3) is 0 Å². The first-order valence-corrected chi connectivity index (χ1v) is 5.03. The summed E-state index contributed by atoms with van der Waals surface area (Å²) in [4.78, 5) is 0. The van der Waals surface area contributed by atoms with E-state index in [-0.39, 0.29) is 0 Å². The third kappa shape index (κ3) is 3.24. The number of rotatable bonds is 3. The van der Waals surface area contributed by atoms with Crippen molar-refractivity contribution >= 4 is 0 Å². The lowest BCUT2D eigenvalue weighted by molar-refractivity contribution is 0.267. The molecule has 2 N–H and O–H groups in total. The van der Waals surface area contributed by atoms with E-state index in [2.05, 4.69) is 6.92 Å². The smallest absolute Gasteiger partial charge is 0.00772 e. The highest BCUT2D eigenvalue weighted by Crippen LogP contribution is 2.31. The fraction of sp³-hybridized carbons (Fsp3) is 1.00. The lowest BCUT2D eigenvalue weighted by Gasteiger charge is -2.26. The van der Waals surface area contributed by atoms with Crippen LogP contribution in [0.2, 0.25) is 0 Å². The van der Waals surface area contributed by atoms with Crippen LogP contribution in [0.5, 0.6) is 0 Å². The van der Waals surface area contributed by atoms with Gasteiger partial charge >= 0.3 is 0 Å². The Morgan fingerprint density at radius 2 is 2.18 bits per heavy atom. The maximum atomic E-state index is 5.48. The molecule has 2 atom stereocenters. The molecule has 1 nitrogen and oxygen atoms in total. The molecule has 1 rings (SSSR count). The van der Waals surface area contributed by atoms with Crippen LogP contribution in [-0.4, -0.2) is 6.54 Å². The van der Waals surface area contributed by atoms with E-state index >= 15 is 0 Å². The average molecular weight is 155 g/mol. The van der Waals surface area contributed by atoms with Crippen molar-refractivity contribution in [3.8, 4) is 0 Å². The van der Waals surface area contributed by atoms with Gasteiger partial charge in [-0.05, 0) is 37.6 Å².